The van der Waals surface area contributed by atoms with E-state index in [1.807, 2.05) is 0 Å². The van der Waals surface area contributed by atoms with E-state index in [2.05, 4.69) is 20.5 Å². The van der Waals surface area contributed by atoms with Crippen LogP contribution in [0.5, 0.6) is 0 Å². The number of rotatable bonds is 1. The minimum absolute atomic E-state index is 1.17. The van der Waals surface area contributed by atoms with Crippen LogP contribution in [0.4, 0.5) is 0 Å². The molecule has 0 N–H and O–H groups in total. The second-order valence-corrected chi connectivity index (χ2v) is 1.55. The predicted octanol–water partition coefficient (Wildman–Crippen LogP) is 0.410. The summed E-state index contributed by atoms with van der Waals surface area (Å²) in [7, 11) is 3.73. The standard InChI is InChI=1S/C5H7B/c1-2-4-3-5(4)6/h3,6H,2H2,1H3. The Kier molecular flexibility index (Phi) is 0.688. The van der Waals surface area contributed by atoms with Gasteiger partial charge in [-0.05, 0) is 0 Å². The van der Waals surface area contributed by atoms with Crippen LogP contribution < -0.4 is 0 Å². The van der Waals surface area contributed by atoms with Crippen molar-refractivity contribution in [3.63, 3.8) is 0 Å². The molecule has 1 aliphatic rings. The van der Waals surface area contributed by atoms with E-state index in [4.69, 9.17) is 0 Å². The van der Waals surface area contributed by atoms with Gasteiger partial charge in [0.15, 0.2) is 0 Å². The van der Waals surface area contributed by atoms with Crippen molar-refractivity contribution in [2.45, 2.75) is 13.3 Å². The van der Waals surface area contributed by atoms with Gasteiger partial charge in [0.05, 0.1) is 0 Å². The molecule has 0 aromatic rings. The molecule has 0 amide bonds. The second kappa shape index (κ2) is 1.07. The van der Waals surface area contributed by atoms with E-state index in [0.29, 0.717) is 0 Å². The average molecular weight is 77.9 g/mol. The monoisotopic (exact) mass is 78.1 g/mol. The van der Waals surface area contributed by atoms with Gasteiger partial charge in [0.2, 0.25) is 0 Å². The molecule has 0 nitrogen and oxygen atoms in total. The minimum atomic E-state index is 1.17. The molecule has 0 heterocycles. The molecule has 1 heteroatoms. The van der Waals surface area contributed by atoms with Crippen LogP contribution in [0.3, 0.4) is 0 Å². The van der Waals surface area contributed by atoms with Crippen LogP contribution in [0.15, 0.2) is 11.6 Å². The van der Waals surface area contributed by atoms with Crippen LogP contribution in [-0.2, 0) is 0 Å². The second-order valence-electron chi connectivity index (χ2n) is 1.55. The van der Waals surface area contributed by atoms with Gasteiger partial charge in [-0.15, -0.1) is 0 Å². The molecule has 0 fully saturated rings. The van der Waals surface area contributed by atoms with Crippen molar-refractivity contribution in [1.82, 2.24) is 0 Å². The Balaban J connectivity index is 2.42. The normalized spacial score (nSPS) is 17.3. The molecule has 0 saturated carbocycles. The molecular weight excluding hydrogens is 70.9 g/mol. The van der Waals surface area contributed by atoms with E-state index >= 15 is 0 Å². The zero-order valence-electron chi connectivity index (χ0n) is 3.99. The van der Waals surface area contributed by atoms with E-state index < -0.39 is 0 Å². The first-order valence-electron chi connectivity index (χ1n) is 2.24. The molecule has 0 unspecified atom stereocenters. The zero-order valence-corrected chi connectivity index (χ0v) is 3.99. The summed E-state index contributed by atoms with van der Waals surface area (Å²) in [6, 6.07) is 0. The topological polar surface area (TPSA) is 0 Å². The molecule has 0 bridgehead atoms. The Hall–Kier alpha value is -0.325. The molecular formula is C5H7B. The Morgan fingerprint density at radius 1 is 1.83 bits per heavy atom. The fraction of sp³-hybridized carbons (Fsp3) is 0.400. The molecule has 0 atom stereocenters. The average Bonchev–Trinajstić information content (AvgIpc) is 2.19. The van der Waals surface area contributed by atoms with Gasteiger partial charge < -0.3 is 0 Å². The quantitative estimate of drug-likeness (QED) is 0.398. The molecule has 30 valence electrons. The van der Waals surface area contributed by atoms with Crippen molar-refractivity contribution in [2.75, 3.05) is 0 Å². The van der Waals surface area contributed by atoms with Crippen LogP contribution >= 0.6 is 0 Å². The summed E-state index contributed by atoms with van der Waals surface area (Å²) in [6.45, 7) is 2.14. The van der Waals surface area contributed by atoms with E-state index in [0.717, 1.165) is 0 Å². The number of hydrogen-bond donors (Lipinski definition) is 0. The Bertz CT molecular complexity index is 111. The Labute approximate surface area is 38.9 Å². The third-order valence-corrected chi connectivity index (χ3v) is 1.06. The molecule has 0 aromatic heterocycles. The van der Waals surface area contributed by atoms with Gasteiger partial charge in [0.1, 0.15) is 0 Å². The number of allylic oxidation sites excluding steroid dienone is 2. The molecule has 1 rings (SSSR count). The summed E-state index contributed by atoms with van der Waals surface area (Å²) in [5.41, 5.74) is 2.69. The van der Waals surface area contributed by atoms with Crippen molar-refractivity contribution in [2.24, 2.45) is 0 Å². The molecule has 0 radical (unpaired) electrons. The van der Waals surface area contributed by atoms with Crippen molar-refractivity contribution < 1.29 is 0 Å². The van der Waals surface area contributed by atoms with Gasteiger partial charge in [-0.1, -0.05) is 0 Å². The van der Waals surface area contributed by atoms with Gasteiger partial charge in [0, 0.05) is 0 Å². The molecule has 0 aliphatic heterocycles. The van der Waals surface area contributed by atoms with Gasteiger partial charge in [-0.25, -0.2) is 0 Å². The molecule has 0 spiro atoms. The van der Waals surface area contributed by atoms with E-state index in [1.165, 1.54) is 17.5 Å². The van der Waals surface area contributed by atoms with Gasteiger partial charge >= 0.3 is 37.9 Å². The van der Waals surface area contributed by atoms with Gasteiger partial charge in [-0.3, -0.25) is 0 Å². The summed E-state index contributed by atoms with van der Waals surface area (Å²) >= 11 is 0. The first kappa shape index (κ1) is 3.85. The van der Waals surface area contributed by atoms with Crippen molar-refractivity contribution >= 4 is 13.0 Å². The summed E-state index contributed by atoms with van der Waals surface area (Å²) in [5.74, 6) is 0. The third kappa shape index (κ3) is 0.446. The van der Waals surface area contributed by atoms with E-state index in [1.54, 1.807) is 0 Å². The van der Waals surface area contributed by atoms with Crippen LogP contribution in [0, 0.1) is 0 Å². The predicted molar refractivity (Wildman–Crippen MR) is 30.5 cm³/mol. The SMILES string of the molecule is B=C1C=C1CC. The first-order chi connectivity index (χ1) is 2.84. The Morgan fingerprint density at radius 3 is 2.33 bits per heavy atom. The summed E-state index contributed by atoms with van der Waals surface area (Å²) < 4.78 is 0. The van der Waals surface area contributed by atoms with Crippen LogP contribution in [0.25, 0.3) is 0 Å². The molecule has 0 saturated heterocycles. The van der Waals surface area contributed by atoms with Gasteiger partial charge in [-0.2, -0.15) is 0 Å². The van der Waals surface area contributed by atoms with Crippen LogP contribution in [0.1, 0.15) is 13.3 Å². The maximum atomic E-state index is 3.73. The van der Waals surface area contributed by atoms with Crippen molar-refractivity contribution in [1.29, 1.82) is 0 Å². The van der Waals surface area contributed by atoms with Crippen LogP contribution in [0.2, 0.25) is 0 Å². The fourth-order valence-corrected chi connectivity index (χ4v) is 0.503. The zero-order chi connectivity index (χ0) is 4.57. The third-order valence-electron chi connectivity index (χ3n) is 1.06. The Morgan fingerprint density at radius 2 is 2.33 bits per heavy atom. The molecule has 1 aliphatic carbocycles. The van der Waals surface area contributed by atoms with Gasteiger partial charge in [0.25, 0.3) is 0 Å². The molecule has 0 aromatic carbocycles. The number of hydrogen-bond acceptors (Lipinski definition) is 0. The van der Waals surface area contributed by atoms with Crippen LogP contribution in [-0.4, -0.2) is 13.0 Å². The van der Waals surface area contributed by atoms with E-state index in [9.17, 15) is 0 Å². The fourth-order valence-electron chi connectivity index (χ4n) is 0.503. The summed E-state index contributed by atoms with van der Waals surface area (Å²) in [4.78, 5) is 0. The summed E-state index contributed by atoms with van der Waals surface area (Å²) in [5, 5.41) is 0. The molecule has 6 heavy (non-hydrogen) atoms. The van der Waals surface area contributed by atoms with Crippen molar-refractivity contribution in [3.8, 4) is 0 Å². The summed E-state index contributed by atoms with van der Waals surface area (Å²) in [6.07, 6.45) is 3.28. The van der Waals surface area contributed by atoms with Crippen molar-refractivity contribution in [3.05, 3.63) is 11.6 Å². The van der Waals surface area contributed by atoms with E-state index in [-0.39, 0.29) is 0 Å². The maximum absolute atomic E-state index is 3.73. The first-order valence-corrected chi connectivity index (χ1v) is 2.24.